The summed E-state index contributed by atoms with van der Waals surface area (Å²) in [5.74, 6) is 0.258. The third-order valence-electron chi connectivity index (χ3n) is 21.9. The first kappa shape index (κ1) is 95.7. The van der Waals surface area contributed by atoms with E-state index in [1.807, 2.05) is 0 Å². The molecule has 11 aromatic heterocycles. The predicted molar refractivity (Wildman–Crippen MR) is 448 cm³/mol. The second-order valence-electron chi connectivity index (χ2n) is 30.1. The average molecular weight is 2060 g/mol. The largest absolute Gasteiger partial charge is 0.660 e. The number of alkyl halides is 5. The summed E-state index contributed by atoms with van der Waals surface area (Å²) in [6.45, 7) is -11.9. The van der Waals surface area contributed by atoms with E-state index in [1.165, 1.54) is 56.2 Å². The van der Waals surface area contributed by atoms with Crippen LogP contribution in [-0.4, -0.2) is 293 Å². The summed E-state index contributed by atoms with van der Waals surface area (Å²) >= 11 is 15.4. The van der Waals surface area contributed by atoms with Gasteiger partial charge >= 0.3 is 36.9 Å². The minimum absolute atomic E-state index is 0. The minimum atomic E-state index is -5.12. The highest BCUT2D eigenvalue weighted by atomic mass is 32.7. The zero-order valence-electron chi connectivity index (χ0n) is 66.8. The van der Waals surface area contributed by atoms with Gasteiger partial charge in [0, 0.05) is 0 Å². The Hall–Kier alpha value is -8.57. The van der Waals surface area contributed by atoms with Crippen LogP contribution in [0.5, 0.6) is 0 Å². The molecule has 0 aromatic carbocycles. The van der Waals surface area contributed by atoms with E-state index < -0.39 is 231 Å². The van der Waals surface area contributed by atoms with Gasteiger partial charge in [0.15, 0.2) is 138 Å². The van der Waals surface area contributed by atoms with Gasteiger partial charge in [0.1, 0.15) is 144 Å². The Morgan fingerprint density at radius 3 is 1.06 bits per heavy atom. The molecular weight excluding hydrogens is 1990 g/mol. The normalized spacial score (nSPS) is 38.2. The zero-order valence-corrected chi connectivity index (χ0v) is 74.6. The molecule has 71 heteroatoms. The number of nitrogens with one attached hydrogen (secondary N) is 1. The number of hydrogen-bond acceptors (Lipinski definition) is 49. The SMILES string of the molecule is C.C=C1NC(N)=Nc2c1ncn2[C@@H]1O[C@@H]2COP(O)(=S)O[C@H]3[C@@H](O)[C@H](n4cnc5c(N)ncnc54)O[C@@H]3COP(=O)([S-])O[C@H]2[C@H]1F.Cc1ncnc2c1ncn2[C@@H]1O[C@@H]2COP(=O)(O)O[C@H]3[C@@H](F)[C@H](n4cnc5c(N)ncnc54)O[C@@H]3COP(O)(=S)O[C@H]2[C@H]1F.Nc1ncnc2c1ncn2[C@@H]1O[C@@H]2COP(=O)(O)O[C@H]3[C@@H](F)[C@H](n4cnc5c(N)ncnc54)O[C@@H]3COP(=O)(O)O[C@H]2[C@H]1F. The van der Waals surface area contributed by atoms with Gasteiger partial charge in [-0.05, 0) is 30.5 Å². The third-order valence-corrected chi connectivity index (χ3v) is 29.5. The summed E-state index contributed by atoms with van der Waals surface area (Å²) in [7, 11) is -15.3. The summed E-state index contributed by atoms with van der Waals surface area (Å²) in [5, 5.41) is 14.0. The lowest BCUT2D eigenvalue weighted by atomic mass is 10.1. The number of aliphatic hydroxyl groups excluding tert-OH is 1. The molecule has 21 rings (SSSR count). The van der Waals surface area contributed by atoms with Gasteiger partial charge < -0.3 is 122 Å². The van der Waals surface area contributed by atoms with Gasteiger partial charge in [-0.25, -0.2) is 115 Å². The zero-order chi connectivity index (χ0) is 93.8. The maximum atomic E-state index is 16.1. The number of nitrogens with zero attached hydrogens (tertiary/aromatic N) is 23. The number of ether oxygens (including phenoxy) is 6. The molecule has 30 atom stereocenters. The van der Waals surface area contributed by atoms with Crippen molar-refractivity contribution in [3.05, 3.63) is 87.6 Å². The number of phosphoric acid groups is 3. The Bertz CT molecular complexity index is 6200. The van der Waals surface area contributed by atoms with Gasteiger partial charge in [-0.15, -0.1) is 0 Å². The Labute approximate surface area is 760 Å². The Morgan fingerprint density at radius 1 is 0.396 bits per heavy atom. The number of hydrogen-bond donors (Lipinski definition) is 12. The Kier molecular flexibility index (Phi) is 26.2. The quantitative estimate of drug-likeness (QED) is 0.0644. The van der Waals surface area contributed by atoms with Crippen molar-refractivity contribution in [3.63, 3.8) is 0 Å². The number of aliphatic hydroxyl groups is 1. The minimum Gasteiger partial charge on any atom is -0.660 e. The number of aliphatic imine (C=N–C) groups is 1. The Balaban J connectivity index is 0.000000134. The fourth-order valence-corrected chi connectivity index (χ4v) is 23.0. The van der Waals surface area contributed by atoms with Crippen molar-refractivity contribution in [1.29, 1.82) is 0 Å². The molecule has 722 valence electrons. The molecule has 0 bridgehead atoms. The molecule has 0 amide bonds. The van der Waals surface area contributed by atoms with Gasteiger partial charge in [-0.2, -0.15) is 4.99 Å². The second-order valence-corrected chi connectivity index (χ2v) is 42.6. The topological polar surface area (TPSA) is 746 Å². The van der Waals surface area contributed by atoms with Crippen LogP contribution in [0.2, 0.25) is 0 Å². The number of aryl methyl sites for hydroxylation is 1. The molecule has 9 fully saturated rings. The molecule has 9 saturated heterocycles. The summed E-state index contributed by atoms with van der Waals surface area (Å²) in [5.41, 5.74) is 32.0. The molecule has 0 saturated carbocycles. The number of phosphoric ester groups is 3. The first-order valence-electron chi connectivity index (χ1n) is 38.6. The fourth-order valence-electron chi connectivity index (χ4n) is 15.8. The van der Waals surface area contributed by atoms with E-state index in [2.05, 4.69) is 96.6 Å². The van der Waals surface area contributed by atoms with Crippen molar-refractivity contribution in [1.82, 2.24) is 112 Å². The van der Waals surface area contributed by atoms with Crippen LogP contribution in [0.3, 0.4) is 0 Å². The van der Waals surface area contributed by atoms with E-state index in [4.69, 9.17) is 147 Å². The number of nitrogen functional groups attached to an aromatic ring is 4. The van der Waals surface area contributed by atoms with Crippen molar-refractivity contribution >= 4 is 176 Å². The summed E-state index contributed by atoms with van der Waals surface area (Å²) < 4.78 is 238. The second kappa shape index (κ2) is 36.6. The highest BCUT2D eigenvalue weighted by Crippen LogP contribution is 2.60. The molecule has 10 aliphatic rings. The lowest BCUT2D eigenvalue weighted by molar-refractivity contribution is -0.0662. The number of aromatic nitrogens is 22. The molecule has 57 nitrogen and oxygen atoms in total. The van der Waals surface area contributed by atoms with Gasteiger partial charge in [0.25, 0.3) is 0 Å². The molecule has 134 heavy (non-hydrogen) atoms. The molecule has 0 aliphatic carbocycles. The fraction of sp³-hybridized carbons (Fsp3) is 0.508. The van der Waals surface area contributed by atoms with Crippen LogP contribution in [0, 0.1) is 6.92 Å². The van der Waals surface area contributed by atoms with Crippen LogP contribution in [0.15, 0.2) is 81.2 Å². The van der Waals surface area contributed by atoms with Crippen LogP contribution >= 0.6 is 43.7 Å². The monoisotopic (exact) mass is 2060 g/mol. The average Bonchev–Trinajstić information content (AvgIpc) is 1.62. The van der Waals surface area contributed by atoms with E-state index >= 15 is 22.0 Å². The molecule has 11 aromatic rings. The first-order valence-corrected chi connectivity index (χ1v) is 50.9. The van der Waals surface area contributed by atoms with Crippen LogP contribution in [0.1, 0.15) is 56.2 Å². The number of imidazole rings is 6. The molecule has 0 spiro atoms. The number of rotatable bonds is 6. The third kappa shape index (κ3) is 18.4. The van der Waals surface area contributed by atoms with E-state index in [0.29, 0.717) is 22.6 Å². The van der Waals surface area contributed by atoms with Crippen molar-refractivity contribution in [2.24, 2.45) is 10.7 Å². The number of fused-ring (bicyclic) bond motifs is 12. The predicted octanol–water partition coefficient (Wildman–Crippen LogP) is 2.13. The summed E-state index contributed by atoms with van der Waals surface area (Å²) in [6.07, 6.45) is -26.3. The standard InChI is InChI=1S/C21H23F2N9O9P2S.C21H25FN10O9P2S2.C20H22F2N10O10P2.CH4/c1-8-13-18(27-4-25-8)31(6-29-13)21-12(23)16-9(38-21)2-36-42(33,34)40-15-10(3-37-43(35,44)41-16)39-20(11(15)22)32-7-30-14-17(24)26-5-28-19(14)32;1-7-11-18(30-21(24)29-7)32(5-27-11)19-10(22)14-8(38-19)2-36-43(35,45)41-15-9(3-37-42(34,44)40-14)39-20(13(15)33)31-6-28-12-16(23)25-4-26-17(12)31;21-9-13-7(39-19(9)31-5-29-11-15(23)25-3-27-17(11)31)1-37-43(33,34)42-14-8(2-38-44(35,36)41-13)40-20(10(14)22)32-6-30-12-16(24)26-4-28-18(12)32;/h4-7,9-12,15-16,20-21H,2-3H2,1H3,(H,33,34)(H,35,44)(H2,24,26,28);4-6,8-10,13-15,19-20,33H,1-3H2,(H,34,44)(H,35,45)(H2,23,25,26)(H3,24,29,30);3-10,13-14,19-20H,1-2H2,(H,33,34)(H,35,36)(H2,23,25,27)(H2,24,26,28);1H4/p-1/t9-,10-,11-,12-,15-,16-,20-,21-,43?;8-,9-,10-,13-,14-,15-,19-,20-,42?,43?;7-,8-,9-,10-,13-,14-,19-,20-;/m111./s1. The van der Waals surface area contributed by atoms with Crippen molar-refractivity contribution in [3.8, 4) is 0 Å². The highest BCUT2D eigenvalue weighted by molar-refractivity contribution is 8.32. The van der Waals surface area contributed by atoms with Crippen LogP contribution < -0.4 is 34.0 Å². The number of halogens is 5. The summed E-state index contributed by atoms with van der Waals surface area (Å²) in [4.78, 5) is 122. The van der Waals surface area contributed by atoms with Gasteiger partial charge in [0.2, 0.25) is 0 Å². The molecular formula is C63H73F5N29O28P6S3-. The molecule has 21 heterocycles. The lowest BCUT2D eigenvalue weighted by Gasteiger charge is -2.33. The van der Waals surface area contributed by atoms with Crippen LogP contribution in [0.25, 0.3) is 61.5 Å². The van der Waals surface area contributed by atoms with Gasteiger partial charge in [0.05, 0.1) is 89.0 Å². The first-order chi connectivity index (χ1) is 63.2. The van der Waals surface area contributed by atoms with E-state index in [9.17, 15) is 47.8 Å². The number of nitrogens with two attached hydrogens (primary N) is 5. The molecule has 10 aliphatic heterocycles. The van der Waals surface area contributed by atoms with E-state index in [-0.39, 0.29) is 92.8 Å². The van der Waals surface area contributed by atoms with E-state index in [0.717, 1.165) is 40.8 Å². The van der Waals surface area contributed by atoms with Crippen LogP contribution in [-0.2, 0) is 137 Å². The van der Waals surface area contributed by atoms with Crippen molar-refractivity contribution in [2.75, 3.05) is 62.6 Å². The maximum absolute atomic E-state index is 16.1. The molecule has 17 N–H and O–H groups in total. The lowest BCUT2D eigenvalue weighted by Crippen LogP contribution is -2.38. The summed E-state index contributed by atoms with van der Waals surface area (Å²) in [6, 6.07) is 0. The van der Waals surface area contributed by atoms with Crippen LogP contribution in [0.4, 0.5) is 51.0 Å². The smallest absolute Gasteiger partial charge is 0.472 e. The number of anilines is 4. The van der Waals surface area contributed by atoms with Gasteiger partial charge in [-0.3, -0.25) is 68.2 Å². The van der Waals surface area contributed by atoms with Crippen molar-refractivity contribution in [2.45, 2.75) is 162 Å². The molecule has 6 unspecified atom stereocenters. The molecule has 0 radical (unpaired) electrons. The number of guanidine groups is 1. The van der Waals surface area contributed by atoms with Crippen molar-refractivity contribution < 1.29 is 152 Å². The highest BCUT2D eigenvalue weighted by Gasteiger charge is 2.60. The Morgan fingerprint density at radius 2 is 0.679 bits per heavy atom. The van der Waals surface area contributed by atoms with Gasteiger partial charge in [-0.1, -0.05) is 14.0 Å². The van der Waals surface area contributed by atoms with E-state index in [1.54, 1.807) is 6.92 Å². The maximum Gasteiger partial charge on any atom is 0.472 e.